The number of aromatic nitrogens is 2. The fourth-order valence-electron chi connectivity index (χ4n) is 7.93. The fraction of sp³-hybridized carbons (Fsp3) is 0.292. The first-order valence-corrected chi connectivity index (χ1v) is 22.2. The molecule has 269 valence electrons. The van der Waals surface area contributed by atoms with Crippen molar-refractivity contribution in [2.45, 2.75) is 91.3 Å². The van der Waals surface area contributed by atoms with Crippen LogP contribution in [0.3, 0.4) is 0 Å². The van der Waals surface area contributed by atoms with Gasteiger partial charge in [0, 0.05) is 37.9 Å². The molecule has 0 saturated heterocycles. The predicted octanol–water partition coefficient (Wildman–Crippen LogP) is 12.6. The first-order chi connectivity index (χ1) is 24.6. The minimum absolute atomic E-state index is 0. The van der Waals surface area contributed by atoms with Crippen LogP contribution >= 0.6 is 0 Å². The van der Waals surface area contributed by atoms with Gasteiger partial charge in [0.25, 0.3) is 0 Å². The van der Waals surface area contributed by atoms with Gasteiger partial charge in [0.15, 0.2) is 0 Å². The van der Waals surface area contributed by atoms with Crippen molar-refractivity contribution >= 4 is 13.3 Å². The molecule has 4 aromatic carbocycles. The summed E-state index contributed by atoms with van der Waals surface area (Å²) in [4.78, 5) is 9.48. The summed E-state index contributed by atoms with van der Waals surface area (Å²) < 4.78 is 0. The van der Waals surface area contributed by atoms with Crippen molar-refractivity contribution in [3.05, 3.63) is 150 Å². The second kappa shape index (κ2) is 16.8. The molecular formula is C48H52IrN2Si-2. The van der Waals surface area contributed by atoms with E-state index in [1.165, 1.54) is 75.4 Å². The van der Waals surface area contributed by atoms with Crippen molar-refractivity contribution in [2.75, 3.05) is 0 Å². The van der Waals surface area contributed by atoms with E-state index in [0.717, 1.165) is 22.5 Å². The van der Waals surface area contributed by atoms with E-state index in [0.29, 0.717) is 5.92 Å². The number of pyridine rings is 2. The molecule has 2 aromatic heterocycles. The van der Waals surface area contributed by atoms with Gasteiger partial charge < -0.3 is 9.97 Å². The van der Waals surface area contributed by atoms with Crippen LogP contribution in [-0.2, 0) is 25.5 Å². The van der Waals surface area contributed by atoms with Crippen LogP contribution in [0.5, 0.6) is 0 Å². The van der Waals surface area contributed by atoms with Crippen molar-refractivity contribution in [1.82, 2.24) is 9.97 Å². The van der Waals surface area contributed by atoms with E-state index in [-0.39, 0.29) is 25.5 Å². The number of fused-ring (bicyclic) bond motifs is 3. The maximum atomic E-state index is 4.82. The second-order valence-corrected chi connectivity index (χ2v) is 20.4. The largest absolute Gasteiger partial charge is 0.305 e. The molecule has 4 heteroatoms. The SMILES string of the molecule is CC(C)c1cc(-c2[c-]cccc2)ncc1[Si](C)(C)C.CCCC1(CCC)c2ccccc2-c2c[c-]c(-c3cc(-c4ccccc4)c(C)cn3)cc21.[Ir]. The second-order valence-electron chi connectivity index (χ2n) is 15.4. The molecule has 0 spiro atoms. The quantitative estimate of drug-likeness (QED) is 0.107. The van der Waals surface area contributed by atoms with E-state index in [2.05, 4.69) is 163 Å². The molecule has 0 unspecified atom stereocenters. The molecule has 1 aliphatic carbocycles. The summed E-state index contributed by atoms with van der Waals surface area (Å²) in [5.41, 5.74) is 15.1. The van der Waals surface area contributed by atoms with E-state index in [1.807, 2.05) is 24.4 Å². The van der Waals surface area contributed by atoms with E-state index < -0.39 is 8.07 Å². The zero-order chi connectivity index (χ0) is 36.2. The molecule has 0 aliphatic heterocycles. The van der Waals surface area contributed by atoms with Crippen molar-refractivity contribution in [3.63, 3.8) is 0 Å². The summed E-state index contributed by atoms with van der Waals surface area (Å²) in [6.45, 7) is 18.4. The summed E-state index contributed by atoms with van der Waals surface area (Å²) in [5, 5.41) is 1.47. The molecule has 0 fully saturated rings. The van der Waals surface area contributed by atoms with Gasteiger partial charge in [-0.2, -0.15) is 0 Å². The van der Waals surface area contributed by atoms with Gasteiger partial charge in [-0.05, 0) is 64.5 Å². The Balaban J connectivity index is 0.000000225. The molecule has 0 saturated carbocycles. The molecule has 2 nitrogen and oxygen atoms in total. The Morgan fingerprint density at radius 3 is 1.98 bits per heavy atom. The smallest absolute Gasteiger partial charge is 0.0799 e. The molecule has 1 aliphatic rings. The molecule has 1 radical (unpaired) electrons. The maximum Gasteiger partial charge on any atom is 0.0799 e. The van der Waals surface area contributed by atoms with Crippen molar-refractivity contribution in [1.29, 1.82) is 0 Å². The molecule has 0 atom stereocenters. The Hall–Kier alpha value is -3.95. The van der Waals surface area contributed by atoms with Gasteiger partial charge in [-0.3, -0.25) is 0 Å². The monoisotopic (exact) mass is 877 g/mol. The Bertz CT molecular complexity index is 2090. The third-order valence-corrected chi connectivity index (χ3v) is 12.4. The zero-order valence-electron chi connectivity index (χ0n) is 32.1. The Morgan fingerprint density at radius 1 is 0.673 bits per heavy atom. The normalized spacial score (nSPS) is 12.7. The van der Waals surface area contributed by atoms with Gasteiger partial charge in [0.2, 0.25) is 0 Å². The van der Waals surface area contributed by atoms with Crippen LogP contribution in [0.4, 0.5) is 0 Å². The summed E-state index contributed by atoms with van der Waals surface area (Å²) in [6, 6.07) is 43.5. The molecule has 0 bridgehead atoms. The summed E-state index contributed by atoms with van der Waals surface area (Å²) in [7, 11) is -1.34. The van der Waals surface area contributed by atoms with Gasteiger partial charge in [-0.15, -0.1) is 65.2 Å². The van der Waals surface area contributed by atoms with Crippen LogP contribution in [0.25, 0.3) is 44.8 Å². The minimum atomic E-state index is -1.34. The maximum absolute atomic E-state index is 4.82. The summed E-state index contributed by atoms with van der Waals surface area (Å²) in [6.07, 6.45) is 8.78. The van der Waals surface area contributed by atoms with Crippen molar-refractivity contribution in [2.24, 2.45) is 0 Å². The van der Waals surface area contributed by atoms with E-state index in [9.17, 15) is 0 Å². The number of hydrogen-bond donors (Lipinski definition) is 0. The summed E-state index contributed by atoms with van der Waals surface area (Å²) >= 11 is 0. The van der Waals surface area contributed by atoms with Gasteiger partial charge in [0.1, 0.15) is 0 Å². The summed E-state index contributed by atoms with van der Waals surface area (Å²) in [5.74, 6) is 0.534. The molecule has 52 heavy (non-hydrogen) atoms. The first-order valence-electron chi connectivity index (χ1n) is 18.7. The number of benzene rings is 4. The molecule has 7 rings (SSSR count). The average molecular weight is 877 g/mol. The third kappa shape index (κ3) is 8.00. The van der Waals surface area contributed by atoms with Gasteiger partial charge in [-0.1, -0.05) is 144 Å². The minimum Gasteiger partial charge on any atom is -0.305 e. The van der Waals surface area contributed by atoms with E-state index in [4.69, 9.17) is 4.98 Å². The topological polar surface area (TPSA) is 25.8 Å². The van der Waals surface area contributed by atoms with Crippen LogP contribution in [-0.4, -0.2) is 18.0 Å². The van der Waals surface area contributed by atoms with Gasteiger partial charge in [-0.25, -0.2) is 0 Å². The standard InChI is InChI=1S/C31H30N.C17H22NSi.Ir/c1-4-17-31(18-5-2)28-14-10-9-13-25(28)26-16-15-24(19-29(26)31)30-20-27(22(3)21-32-30)23-11-7-6-8-12-23;1-13(2)15-11-16(14-9-7-6-8-10-14)18-12-17(15)19(3,4)5;/h6-14,16,19-21H,4-5,17-18H2,1-3H3;6-9,11-13H,1-5H3;/q2*-1;. The Labute approximate surface area is 327 Å². The number of nitrogens with zero attached hydrogens (tertiary/aromatic N) is 2. The third-order valence-electron chi connectivity index (χ3n) is 10.4. The Morgan fingerprint density at radius 2 is 1.33 bits per heavy atom. The van der Waals surface area contributed by atoms with Crippen LogP contribution in [0.15, 0.2) is 116 Å². The molecule has 0 N–H and O–H groups in total. The van der Waals surface area contributed by atoms with Gasteiger partial charge in [0.05, 0.1) is 8.07 Å². The number of rotatable bonds is 9. The first kappa shape index (κ1) is 39.3. The number of aryl methyl sites for hydroxylation is 1. The van der Waals surface area contributed by atoms with Crippen molar-refractivity contribution in [3.8, 4) is 44.8 Å². The van der Waals surface area contributed by atoms with Crippen LogP contribution < -0.4 is 5.19 Å². The molecule has 2 heterocycles. The molecular weight excluding hydrogens is 825 g/mol. The molecule has 0 amide bonds. The molecule has 6 aromatic rings. The number of hydrogen-bond acceptors (Lipinski definition) is 2. The van der Waals surface area contributed by atoms with Crippen LogP contribution in [0.2, 0.25) is 19.6 Å². The van der Waals surface area contributed by atoms with Gasteiger partial charge >= 0.3 is 0 Å². The Kier molecular flexibility index (Phi) is 12.7. The van der Waals surface area contributed by atoms with Crippen LogP contribution in [0, 0.1) is 19.1 Å². The van der Waals surface area contributed by atoms with E-state index >= 15 is 0 Å². The van der Waals surface area contributed by atoms with Crippen molar-refractivity contribution < 1.29 is 20.1 Å². The fourth-order valence-corrected chi connectivity index (χ4v) is 9.61. The van der Waals surface area contributed by atoms with E-state index in [1.54, 1.807) is 0 Å². The predicted molar refractivity (Wildman–Crippen MR) is 220 cm³/mol. The average Bonchev–Trinajstić information content (AvgIpc) is 3.41. The van der Waals surface area contributed by atoms with Crippen LogP contribution in [0.1, 0.15) is 81.5 Å². The zero-order valence-corrected chi connectivity index (χ0v) is 35.5.